The van der Waals surface area contributed by atoms with Crippen molar-refractivity contribution in [2.24, 2.45) is 0 Å². The number of nitrogens with one attached hydrogen (secondary N) is 1. The highest BCUT2D eigenvalue weighted by Crippen LogP contribution is 2.16. The van der Waals surface area contributed by atoms with Gasteiger partial charge >= 0.3 is 0 Å². The van der Waals surface area contributed by atoms with Crippen molar-refractivity contribution in [3.8, 4) is 6.07 Å². The summed E-state index contributed by atoms with van der Waals surface area (Å²) in [6.07, 6.45) is 1.20. The molecule has 0 saturated heterocycles. The van der Waals surface area contributed by atoms with Gasteiger partial charge in [-0.2, -0.15) is 9.57 Å². The Morgan fingerprint density at radius 1 is 1.56 bits per heavy atom. The summed E-state index contributed by atoms with van der Waals surface area (Å²) in [4.78, 5) is 13.2. The normalized spacial score (nSPS) is 11.4. The highest BCUT2D eigenvalue weighted by Gasteiger charge is 2.23. The van der Waals surface area contributed by atoms with Gasteiger partial charge in [-0.3, -0.25) is 4.79 Å². The fourth-order valence-corrected chi connectivity index (χ4v) is 3.04. The van der Waals surface area contributed by atoms with Gasteiger partial charge in [-0.1, -0.05) is 18.5 Å². The molecule has 1 rings (SSSR count). The molecule has 8 heteroatoms. The lowest BCUT2D eigenvalue weighted by Crippen LogP contribution is -2.32. The SMILES string of the molecule is CCN(CCC#N)S(=O)(=O)c1c[nH]c(=O)c(Cl)c1. The third-order valence-corrected chi connectivity index (χ3v) is 4.53. The lowest BCUT2D eigenvalue weighted by atomic mass is 10.5. The molecule has 18 heavy (non-hydrogen) atoms. The Hall–Kier alpha value is -1.36. The van der Waals surface area contributed by atoms with Gasteiger partial charge in [0.25, 0.3) is 5.56 Å². The van der Waals surface area contributed by atoms with Crippen LogP contribution in [0.5, 0.6) is 0 Å². The molecule has 0 fully saturated rings. The van der Waals surface area contributed by atoms with Crippen molar-refractivity contribution >= 4 is 21.6 Å². The van der Waals surface area contributed by atoms with E-state index in [2.05, 4.69) is 4.98 Å². The predicted octanol–water partition coefficient (Wildman–Crippen LogP) is 0.953. The summed E-state index contributed by atoms with van der Waals surface area (Å²) >= 11 is 5.59. The van der Waals surface area contributed by atoms with Crippen LogP contribution in [0.4, 0.5) is 0 Å². The Bertz CT molecular complexity index is 618. The average molecular weight is 290 g/mol. The molecule has 1 heterocycles. The topological polar surface area (TPSA) is 94.0 Å². The molecule has 1 N–H and O–H groups in total. The number of halogens is 1. The van der Waals surface area contributed by atoms with E-state index < -0.39 is 15.6 Å². The largest absolute Gasteiger partial charge is 0.326 e. The molecule has 6 nitrogen and oxygen atoms in total. The minimum absolute atomic E-state index is 0.0908. The van der Waals surface area contributed by atoms with Crippen molar-refractivity contribution in [3.05, 3.63) is 27.6 Å². The smallest absolute Gasteiger partial charge is 0.266 e. The summed E-state index contributed by atoms with van der Waals surface area (Å²) in [5, 5.41) is 8.30. The first kappa shape index (κ1) is 14.7. The van der Waals surface area contributed by atoms with Gasteiger partial charge in [0.1, 0.15) is 5.02 Å². The molecular formula is C10H12ClN3O3S. The maximum atomic E-state index is 12.2. The lowest BCUT2D eigenvalue weighted by molar-refractivity contribution is 0.434. The van der Waals surface area contributed by atoms with Gasteiger partial charge in [0.2, 0.25) is 10.0 Å². The Morgan fingerprint density at radius 3 is 2.72 bits per heavy atom. The molecule has 1 aromatic rings. The van der Waals surface area contributed by atoms with Gasteiger partial charge in [0.05, 0.1) is 11.0 Å². The van der Waals surface area contributed by atoms with Crippen LogP contribution in [-0.2, 0) is 10.0 Å². The molecule has 0 amide bonds. The van der Waals surface area contributed by atoms with Crippen LogP contribution < -0.4 is 5.56 Å². The number of nitrogens with zero attached hydrogens (tertiary/aromatic N) is 2. The van der Waals surface area contributed by atoms with Crippen LogP contribution in [0.25, 0.3) is 0 Å². The van der Waals surface area contributed by atoms with Gasteiger partial charge < -0.3 is 4.98 Å². The van der Waals surface area contributed by atoms with Crippen molar-refractivity contribution < 1.29 is 8.42 Å². The maximum Gasteiger partial charge on any atom is 0.266 e. The Labute approximate surface area is 110 Å². The van der Waals surface area contributed by atoms with Gasteiger partial charge in [-0.25, -0.2) is 8.42 Å². The number of aromatic nitrogens is 1. The van der Waals surface area contributed by atoms with Crippen molar-refractivity contribution in [1.29, 1.82) is 5.26 Å². The minimum atomic E-state index is -3.74. The zero-order valence-corrected chi connectivity index (χ0v) is 11.3. The van der Waals surface area contributed by atoms with E-state index in [4.69, 9.17) is 16.9 Å². The summed E-state index contributed by atoms with van der Waals surface area (Å²) < 4.78 is 25.5. The summed E-state index contributed by atoms with van der Waals surface area (Å²) in [5.41, 5.74) is -0.546. The van der Waals surface area contributed by atoms with Crippen LogP contribution in [-0.4, -0.2) is 30.8 Å². The van der Waals surface area contributed by atoms with E-state index in [-0.39, 0.29) is 29.4 Å². The second-order valence-corrected chi connectivity index (χ2v) is 5.76. The fourth-order valence-electron chi connectivity index (χ4n) is 1.36. The fraction of sp³-hybridized carbons (Fsp3) is 0.400. The zero-order chi connectivity index (χ0) is 13.8. The van der Waals surface area contributed by atoms with Crippen molar-refractivity contribution in [1.82, 2.24) is 9.29 Å². The van der Waals surface area contributed by atoms with Gasteiger partial charge in [-0.05, 0) is 6.07 Å². The summed E-state index contributed by atoms with van der Waals surface area (Å²) in [6.45, 7) is 2.01. The number of aromatic amines is 1. The number of pyridine rings is 1. The molecule has 0 radical (unpaired) electrons. The molecular weight excluding hydrogens is 278 g/mol. The molecule has 98 valence electrons. The predicted molar refractivity (Wildman–Crippen MR) is 66.7 cm³/mol. The number of H-pyrrole nitrogens is 1. The van der Waals surface area contributed by atoms with E-state index in [0.717, 1.165) is 16.6 Å². The molecule has 0 atom stereocenters. The monoisotopic (exact) mass is 289 g/mol. The molecule has 1 aromatic heterocycles. The molecule has 0 aliphatic rings. The zero-order valence-electron chi connectivity index (χ0n) is 9.68. The van der Waals surface area contributed by atoms with Gasteiger partial charge in [0, 0.05) is 25.7 Å². The van der Waals surface area contributed by atoms with Crippen molar-refractivity contribution in [2.45, 2.75) is 18.2 Å². The van der Waals surface area contributed by atoms with E-state index in [1.807, 2.05) is 6.07 Å². The molecule has 0 aliphatic heterocycles. The number of sulfonamides is 1. The summed E-state index contributed by atoms with van der Waals surface area (Å²) in [6, 6.07) is 2.99. The summed E-state index contributed by atoms with van der Waals surface area (Å²) in [7, 11) is -3.74. The summed E-state index contributed by atoms with van der Waals surface area (Å²) in [5.74, 6) is 0. The van der Waals surface area contributed by atoms with Gasteiger partial charge in [-0.15, -0.1) is 0 Å². The number of hydrogen-bond acceptors (Lipinski definition) is 4. The second kappa shape index (κ2) is 6.00. The van der Waals surface area contributed by atoms with Crippen molar-refractivity contribution in [2.75, 3.05) is 13.1 Å². The first-order chi connectivity index (χ1) is 8.43. The van der Waals surface area contributed by atoms with Crippen LogP contribution in [0.3, 0.4) is 0 Å². The maximum absolute atomic E-state index is 12.2. The highest BCUT2D eigenvalue weighted by molar-refractivity contribution is 7.89. The first-order valence-electron chi connectivity index (χ1n) is 5.18. The molecule has 0 unspecified atom stereocenters. The molecule has 0 aromatic carbocycles. The van der Waals surface area contributed by atoms with Crippen LogP contribution in [0.1, 0.15) is 13.3 Å². The van der Waals surface area contributed by atoms with Crippen LogP contribution in [0.2, 0.25) is 5.02 Å². The Kier molecular flexibility index (Phi) is 4.90. The average Bonchev–Trinajstić information content (AvgIpc) is 2.33. The molecule has 0 aliphatic carbocycles. The van der Waals surface area contributed by atoms with Crippen LogP contribution in [0.15, 0.2) is 22.0 Å². The standard InChI is InChI=1S/C10H12ClN3O3S/c1-2-14(5-3-4-12)18(16,17)8-6-9(11)10(15)13-7-8/h6-7H,2-3,5H2,1H3,(H,13,15). The molecule has 0 bridgehead atoms. The molecule has 0 saturated carbocycles. The second-order valence-electron chi connectivity index (χ2n) is 3.42. The van der Waals surface area contributed by atoms with Crippen LogP contribution >= 0.6 is 11.6 Å². The van der Waals surface area contributed by atoms with E-state index in [9.17, 15) is 13.2 Å². The Balaban J connectivity index is 3.15. The highest BCUT2D eigenvalue weighted by atomic mass is 35.5. The number of rotatable bonds is 5. The third kappa shape index (κ3) is 3.10. The van der Waals surface area contributed by atoms with E-state index in [0.29, 0.717) is 0 Å². The van der Waals surface area contributed by atoms with Gasteiger partial charge in [0.15, 0.2) is 0 Å². The number of nitriles is 1. The number of hydrogen-bond donors (Lipinski definition) is 1. The third-order valence-electron chi connectivity index (χ3n) is 2.29. The van der Waals surface area contributed by atoms with Crippen LogP contribution in [0, 0.1) is 11.3 Å². The molecule has 0 spiro atoms. The van der Waals surface area contributed by atoms with E-state index >= 15 is 0 Å². The van der Waals surface area contributed by atoms with E-state index in [1.54, 1.807) is 6.92 Å². The quantitative estimate of drug-likeness (QED) is 0.873. The van der Waals surface area contributed by atoms with E-state index in [1.165, 1.54) is 0 Å². The van der Waals surface area contributed by atoms with Crippen molar-refractivity contribution in [3.63, 3.8) is 0 Å². The lowest BCUT2D eigenvalue weighted by Gasteiger charge is -2.18. The minimum Gasteiger partial charge on any atom is -0.326 e. The Morgan fingerprint density at radius 2 is 2.22 bits per heavy atom. The first-order valence-corrected chi connectivity index (χ1v) is 7.00.